The van der Waals surface area contributed by atoms with Crippen LogP contribution in [0, 0.1) is 0 Å². The molecule has 0 unspecified atom stereocenters. The topological polar surface area (TPSA) is 12.9 Å². The molecule has 0 aliphatic heterocycles. The van der Waals surface area contributed by atoms with E-state index in [1.54, 1.807) is 11.3 Å². The molecule has 5 aromatic rings. The first-order valence-electron chi connectivity index (χ1n) is 9.66. The molecule has 2 aromatic heterocycles. The van der Waals surface area contributed by atoms with Gasteiger partial charge in [-0.05, 0) is 36.4 Å². The van der Waals surface area contributed by atoms with Gasteiger partial charge in [0.1, 0.15) is 0 Å². The molecule has 0 atom stereocenters. The van der Waals surface area contributed by atoms with Gasteiger partial charge in [-0.1, -0.05) is 66.7 Å². The number of rotatable bonds is 3. The third kappa shape index (κ3) is 2.83. The predicted molar refractivity (Wildman–Crippen MR) is 119 cm³/mol. The maximum absolute atomic E-state index is 8.69. The van der Waals surface area contributed by atoms with Gasteiger partial charge in [-0.15, -0.1) is 11.3 Å². The van der Waals surface area contributed by atoms with Gasteiger partial charge in [-0.25, -0.2) is 0 Å². The number of fused-ring (bicyclic) bond motifs is 4. The molecule has 0 bridgehead atoms. The molecule has 130 valence electrons. The smallest absolute Gasteiger partial charge is 0.0722 e. The SMILES string of the molecule is [2H]c1c(C/C=C\C)ccc2c1sc1c(-c3cc4ccccc4cn3)cccc12. The summed E-state index contributed by atoms with van der Waals surface area (Å²) in [6, 6.07) is 21.8. The van der Waals surface area contributed by atoms with Gasteiger partial charge in [-0.3, -0.25) is 4.98 Å². The van der Waals surface area contributed by atoms with E-state index in [0.29, 0.717) is 6.04 Å². The van der Waals surface area contributed by atoms with E-state index in [1.807, 2.05) is 25.3 Å². The van der Waals surface area contributed by atoms with Crippen LogP contribution in [0.2, 0.25) is 0 Å². The van der Waals surface area contributed by atoms with Crippen LogP contribution in [0.25, 0.3) is 42.2 Å². The molecule has 0 N–H and O–H groups in total. The number of hydrogen-bond acceptors (Lipinski definition) is 2. The number of benzene rings is 3. The average Bonchev–Trinajstić information content (AvgIpc) is 3.13. The maximum Gasteiger partial charge on any atom is 0.0722 e. The fourth-order valence-electron chi connectivity index (χ4n) is 3.56. The molecule has 0 fully saturated rings. The number of hydrogen-bond donors (Lipinski definition) is 0. The molecule has 1 nitrogen and oxygen atoms in total. The quantitative estimate of drug-likeness (QED) is 0.303. The number of allylic oxidation sites excluding steroid dienone is 2. The van der Waals surface area contributed by atoms with Crippen molar-refractivity contribution in [3.8, 4) is 11.3 Å². The minimum absolute atomic E-state index is 0.647. The van der Waals surface area contributed by atoms with Gasteiger partial charge in [0.15, 0.2) is 0 Å². The highest BCUT2D eigenvalue weighted by molar-refractivity contribution is 7.26. The standard InChI is InChI=1S/C25H19NS/c1-2-3-7-17-12-13-20-21-10-6-11-22(25(21)27-24(20)14-17)23-15-18-8-4-5-9-19(18)16-26-23/h2-6,8-16H,7H2,1H3/b3-2-/i14D. The Balaban J connectivity index is 1.75. The van der Waals surface area contributed by atoms with Crippen LogP contribution < -0.4 is 0 Å². The van der Waals surface area contributed by atoms with E-state index >= 15 is 0 Å². The minimum Gasteiger partial charge on any atom is -0.256 e. The predicted octanol–water partition coefficient (Wildman–Crippen LogP) is 7.39. The van der Waals surface area contributed by atoms with E-state index in [4.69, 9.17) is 6.35 Å². The first-order valence-corrected chi connectivity index (χ1v) is 9.98. The summed E-state index contributed by atoms with van der Waals surface area (Å²) in [5.74, 6) is 0. The lowest BCUT2D eigenvalue weighted by molar-refractivity contribution is 1.28. The zero-order valence-corrected chi connectivity index (χ0v) is 15.9. The summed E-state index contributed by atoms with van der Waals surface area (Å²) in [6.45, 7) is 2.02. The third-order valence-electron chi connectivity index (χ3n) is 4.96. The monoisotopic (exact) mass is 366 g/mol. The van der Waals surface area contributed by atoms with Crippen molar-refractivity contribution in [3.05, 3.63) is 90.6 Å². The summed E-state index contributed by atoms with van der Waals surface area (Å²) < 4.78 is 11.0. The molecule has 0 saturated heterocycles. The fraction of sp³-hybridized carbons (Fsp3) is 0.0800. The summed E-state index contributed by atoms with van der Waals surface area (Å²) in [7, 11) is 0. The Morgan fingerprint density at radius 1 is 1.00 bits per heavy atom. The lowest BCUT2D eigenvalue weighted by Crippen LogP contribution is -1.84. The van der Waals surface area contributed by atoms with Crippen molar-refractivity contribution < 1.29 is 1.37 Å². The van der Waals surface area contributed by atoms with Gasteiger partial charge >= 0.3 is 0 Å². The van der Waals surface area contributed by atoms with E-state index < -0.39 is 0 Å². The fourth-order valence-corrected chi connectivity index (χ4v) is 4.81. The molecular formula is C25H19NS. The average molecular weight is 367 g/mol. The van der Waals surface area contributed by atoms with Gasteiger partial charge in [0.2, 0.25) is 0 Å². The number of nitrogens with zero attached hydrogens (tertiary/aromatic N) is 1. The van der Waals surface area contributed by atoms with E-state index in [0.717, 1.165) is 38.7 Å². The summed E-state index contributed by atoms with van der Waals surface area (Å²) in [4.78, 5) is 4.73. The summed E-state index contributed by atoms with van der Waals surface area (Å²) >= 11 is 1.71. The van der Waals surface area contributed by atoms with Gasteiger partial charge in [0, 0.05) is 37.3 Å². The molecule has 0 amide bonds. The normalized spacial score (nSPS) is 12.4. The van der Waals surface area contributed by atoms with Crippen molar-refractivity contribution in [3.63, 3.8) is 0 Å². The number of thiophene rings is 1. The molecule has 0 spiro atoms. The molecule has 3 aromatic carbocycles. The molecule has 2 heteroatoms. The second-order valence-electron chi connectivity index (χ2n) is 6.70. The highest BCUT2D eigenvalue weighted by Gasteiger charge is 2.12. The van der Waals surface area contributed by atoms with E-state index in [1.165, 1.54) is 15.5 Å². The van der Waals surface area contributed by atoms with Gasteiger partial charge in [0.05, 0.1) is 7.06 Å². The van der Waals surface area contributed by atoms with E-state index in [9.17, 15) is 0 Å². The van der Waals surface area contributed by atoms with Crippen LogP contribution in [0.5, 0.6) is 0 Å². The van der Waals surface area contributed by atoms with Crippen LogP contribution in [0.15, 0.2) is 85.1 Å². The summed E-state index contributed by atoms with van der Waals surface area (Å²) in [6.07, 6.45) is 6.90. The van der Waals surface area contributed by atoms with Gasteiger partial charge in [-0.2, -0.15) is 0 Å². The van der Waals surface area contributed by atoms with E-state index in [-0.39, 0.29) is 0 Å². The molecule has 0 aliphatic carbocycles. The lowest BCUT2D eigenvalue weighted by atomic mass is 10.0. The molecular weight excluding hydrogens is 346 g/mol. The van der Waals surface area contributed by atoms with Crippen LogP contribution in [-0.2, 0) is 6.42 Å². The van der Waals surface area contributed by atoms with Crippen LogP contribution >= 0.6 is 11.3 Å². The molecule has 5 rings (SSSR count). The van der Waals surface area contributed by atoms with Crippen molar-refractivity contribution in [1.29, 1.82) is 0 Å². The number of pyridine rings is 1. The Hall–Kier alpha value is -2.97. The molecule has 0 aliphatic rings. The zero-order chi connectivity index (χ0) is 19.1. The van der Waals surface area contributed by atoms with Crippen LogP contribution in [0.3, 0.4) is 0 Å². The highest BCUT2D eigenvalue weighted by atomic mass is 32.1. The van der Waals surface area contributed by atoms with Crippen molar-refractivity contribution in [1.82, 2.24) is 4.98 Å². The lowest BCUT2D eigenvalue weighted by Gasteiger charge is -2.04. The summed E-state index contributed by atoms with van der Waals surface area (Å²) in [5, 5.41) is 4.72. The highest BCUT2D eigenvalue weighted by Crippen LogP contribution is 2.40. The van der Waals surface area contributed by atoms with Crippen molar-refractivity contribution in [2.45, 2.75) is 13.3 Å². The Labute approximate surface area is 164 Å². The first kappa shape index (κ1) is 15.1. The maximum atomic E-state index is 8.69. The Bertz CT molecular complexity index is 1360. The van der Waals surface area contributed by atoms with Crippen LogP contribution in [-0.4, -0.2) is 4.98 Å². The Kier molecular flexibility index (Phi) is 3.72. The Morgan fingerprint density at radius 2 is 1.89 bits per heavy atom. The van der Waals surface area contributed by atoms with Crippen molar-refractivity contribution in [2.24, 2.45) is 0 Å². The zero-order valence-electron chi connectivity index (χ0n) is 16.1. The minimum atomic E-state index is 0.647. The van der Waals surface area contributed by atoms with Crippen LogP contribution in [0.1, 0.15) is 13.9 Å². The third-order valence-corrected chi connectivity index (χ3v) is 6.13. The van der Waals surface area contributed by atoms with Crippen molar-refractivity contribution in [2.75, 3.05) is 0 Å². The molecule has 0 saturated carbocycles. The van der Waals surface area contributed by atoms with Gasteiger partial charge in [0.25, 0.3) is 0 Å². The molecule has 2 heterocycles. The largest absolute Gasteiger partial charge is 0.256 e. The Morgan fingerprint density at radius 3 is 2.78 bits per heavy atom. The molecule has 27 heavy (non-hydrogen) atoms. The van der Waals surface area contributed by atoms with Crippen molar-refractivity contribution >= 4 is 42.3 Å². The second kappa shape index (κ2) is 6.64. The molecule has 0 radical (unpaired) electrons. The van der Waals surface area contributed by atoms with Crippen LogP contribution in [0.4, 0.5) is 0 Å². The first-order chi connectivity index (χ1) is 13.8. The second-order valence-corrected chi connectivity index (χ2v) is 7.72. The summed E-state index contributed by atoms with van der Waals surface area (Å²) in [5.41, 5.74) is 3.19. The number of aromatic nitrogens is 1. The van der Waals surface area contributed by atoms with Gasteiger partial charge < -0.3 is 0 Å². The van der Waals surface area contributed by atoms with E-state index in [2.05, 4.69) is 60.7 Å².